The van der Waals surface area contributed by atoms with Gasteiger partial charge in [0.15, 0.2) is 0 Å². The van der Waals surface area contributed by atoms with Crippen LogP contribution in [-0.4, -0.2) is 23.8 Å². The van der Waals surface area contributed by atoms with Crippen molar-refractivity contribution in [2.45, 2.75) is 57.1 Å². The Morgan fingerprint density at radius 1 is 1.08 bits per heavy atom. The highest BCUT2D eigenvalue weighted by Gasteiger charge is 2.27. The van der Waals surface area contributed by atoms with Gasteiger partial charge in [-0.3, -0.25) is 0 Å². The summed E-state index contributed by atoms with van der Waals surface area (Å²) in [4.78, 5) is 0. The van der Waals surface area contributed by atoms with Crippen molar-refractivity contribution in [2.75, 3.05) is 6.54 Å². The van der Waals surface area contributed by atoms with E-state index in [1.807, 2.05) is 0 Å². The van der Waals surface area contributed by atoms with E-state index in [1.54, 1.807) is 0 Å². The molecule has 2 aromatic rings. The summed E-state index contributed by atoms with van der Waals surface area (Å²) in [5, 5.41) is 14.0. The molecular formula is C22H27F2NO. The van der Waals surface area contributed by atoms with Crippen molar-refractivity contribution in [3.63, 3.8) is 0 Å². The van der Waals surface area contributed by atoms with Gasteiger partial charge in [-0.15, -0.1) is 0 Å². The largest absolute Gasteiger partial charge is 0.391 e. The average molecular weight is 359 g/mol. The Hall–Kier alpha value is -1.78. The molecule has 0 aromatic heterocycles. The van der Waals surface area contributed by atoms with E-state index in [4.69, 9.17) is 0 Å². The number of halogens is 2. The molecule has 0 amide bonds. The molecule has 4 heteroatoms. The number of piperidine rings is 1. The van der Waals surface area contributed by atoms with Crippen LogP contribution in [0.4, 0.5) is 8.78 Å². The van der Waals surface area contributed by atoms with Gasteiger partial charge >= 0.3 is 0 Å². The lowest BCUT2D eigenvalue weighted by atomic mass is 9.83. The smallest absolute Gasteiger partial charge is 0.126 e. The summed E-state index contributed by atoms with van der Waals surface area (Å²) >= 11 is 0. The third kappa shape index (κ3) is 4.89. The minimum atomic E-state index is -0.569. The molecule has 1 aliphatic rings. The molecule has 1 aliphatic heterocycles. The van der Waals surface area contributed by atoms with Crippen LogP contribution in [0.2, 0.25) is 0 Å². The molecule has 1 heterocycles. The molecule has 0 bridgehead atoms. The topological polar surface area (TPSA) is 32.3 Å². The molecule has 0 aliphatic carbocycles. The zero-order valence-corrected chi connectivity index (χ0v) is 15.2. The Labute approximate surface area is 154 Å². The predicted molar refractivity (Wildman–Crippen MR) is 100 cm³/mol. The highest BCUT2D eigenvalue weighted by atomic mass is 19.1. The molecule has 3 rings (SSSR count). The zero-order chi connectivity index (χ0) is 18.5. The third-order valence-corrected chi connectivity index (χ3v) is 5.41. The summed E-state index contributed by atoms with van der Waals surface area (Å²) in [5.74, 6) is -0.699. The van der Waals surface area contributed by atoms with Crippen LogP contribution in [0.5, 0.6) is 0 Å². The van der Waals surface area contributed by atoms with Gasteiger partial charge in [0.2, 0.25) is 0 Å². The van der Waals surface area contributed by atoms with E-state index in [2.05, 4.69) is 36.5 Å². The fourth-order valence-electron chi connectivity index (χ4n) is 3.84. The van der Waals surface area contributed by atoms with E-state index < -0.39 is 17.7 Å². The van der Waals surface area contributed by atoms with Crippen molar-refractivity contribution in [3.8, 4) is 0 Å². The van der Waals surface area contributed by atoms with Gasteiger partial charge < -0.3 is 10.4 Å². The van der Waals surface area contributed by atoms with Crippen molar-refractivity contribution in [2.24, 2.45) is 0 Å². The highest BCUT2D eigenvalue weighted by Crippen LogP contribution is 2.30. The van der Waals surface area contributed by atoms with E-state index in [0.29, 0.717) is 24.3 Å². The first-order valence-corrected chi connectivity index (χ1v) is 9.50. The molecule has 2 aromatic carbocycles. The van der Waals surface area contributed by atoms with Crippen LogP contribution in [0.25, 0.3) is 0 Å². The van der Waals surface area contributed by atoms with Gasteiger partial charge in [0, 0.05) is 12.1 Å². The Balaban J connectivity index is 1.57. The minimum absolute atomic E-state index is 0.0120. The van der Waals surface area contributed by atoms with Crippen LogP contribution < -0.4 is 5.32 Å². The van der Waals surface area contributed by atoms with Crippen LogP contribution in [0.1, 0.15) is 48.8 Å². The summed E-state index contributed by atoms with van der Waals surface area (Å²) < 4.78 is 26.6. The second-order valence-corrected chi connectivity index (χ2v) is 7.26. The number of aliphatic hydroxyl groups excluding tert-OH is 1. The van der Waals surface area contributed by atoms with E-state index >= 15 is 0 Å². The van der Waals surface area contributed by atoms with Crippen molar-refractivity contribution in [1.29, 1.82) is 0 Å². The normalized spacial score (nSPS) is 21.5. The second kappa shape index (κ2) is 8.74. The molecule has 2 N–H and O–H groups in total. The Kier molecular flexibility index (Phi) is 6.38. The van der Waals surface area contributed by atoms with Crippen LogP contribution >= 0.6 is 0 Å². The Morgan fingerprint density at radius 3 is 2.42 bits per heavy atom. The maximum absolute atomic E-state index is 13.3. The van der Waals surface area contributed by atoms with Crippen molar-refractivity contribution in [1.82, 2.24) is 5.32 Å². The quantitative estimate of drug-likeness (QED) is 0.803. The number of rotatable bonds is 6. The molecule has 1 saturated heterocycles. The number of aryl methyl sites for hydroxylation is 2. The fourth-order valence-corrected chi connectivity index (χ4v) is 3.84. The van der Waals surface area contributed by atoms with Gasteiger partial charge in [0.05, 0.1) is 6.10 Å². The molecule has 2 nitrogen and oxygen atoms in total. The van der Waals surface area contributed by atoms with E-state index in [-0.39, 0.29) is 6.04 Å². The molecule has 3 atom stereocenters. The summed E-state index contributed by atoms with van der Waals surface area (Å²) in [5.41, 5.74) is 3.25. The first-order chi connectivity index (χ1) is 12.5. The number of benzene rings is 2. The fraction of sp³-hybridized carbons (Fsp3) is 0.455. The zero-order valence-electron chi connectivity index (χ0n) is 15.2. The molecule has 1 fully saturated rings. The van der Waals surface area contributed by atoms with E-state index in [9.17, 15) is 13.9 Å². The monoisotopic (exact) mass is 359 g/mol. The van der Waals surface area contributed by atoms with Crippen LogP contribution in [0, 0.1) is 11.6 Å². The molecule has 26 heavy (non-hydrogen) atoms. The van der Waals surface area contributed by atoms with Gasteiger partial charge in [-0.25, -0.2) is 8.78 Å². The van der Waals surface area contributed by atoms with Crippen LogP contribution in [-0.2, 0) is 12.8 Å². The van der Waals surface area contributed by atoms with Gasteiger partial charge in [-0.2, -0.15) is 0 Å². The number of nitrogens with one attached hydrogen (secondary N) is 1. The lowest BCUT2D eigenvalue weighted by molar-refractivity contribution is 0.100. The van der Waals surface area contributed by atoms with Gasteiger partial charge in [0.25, 0.3) is 0 Å². The SMILES string of the molecule is CCc1ccc(C2CCNC(C(O)CCc3cc(F)cc(F)c3)C2)cc1. The predicted octanol–water partition coefficient (Wildman–Crippen LogP) is 4.36. The average Bonchev–Trinajstić information content (AvgIpc) is 2.65. The molecule has 0 saturated carbocycles. The number of hydrogen-bond acceptors (Lipinski definition) is 2. The van der Waals surface area contributed by atoms with Gasteiger partial charge in [-0.1, -0.05) is 31.2 Å². The van der Waals surface area contributed by atoms with Gasteiger partial charge in [-0.05, 0) is 73.4 Å². The highest BCUT2D eigenvalue weighted by molar-refractivity contribution is 5.26. The lowest BCUT2D eigenvalue weighted by Gasteiger charge is -2.33. The lowest BCUT2D eigenvalue weighted by Crippen LogP contribution is -2.45. The molecule has 3 unspecified atom stereocenters. The summed E-state index contributed by atoms with van der Waals surface area (Å²) in [6.45, 7) is 3.02. The third-order valence-electron chi connectivity index (χ3n) is 5.41. The molecule has 0 spiro atoms. The first-order valence-electron chi connectivity index (χ1n) is 9.50. The van der Waals surface area contributed by atoms with E-state index in [1.165, 1.54) is 23.3 Å². The summed E-state index contributed by atoms with van der Waals surface area (Å²) in [7, 11) is 0. The van der Waals surface area contributed by atoms with Crippen molar-refractivity contribution in [3.05, 3.63) is 70.8 Å². The maximum Gasteiger partial charge on any atom is 0.126 e. The second-order valence-electron chi connectivity index (χ2n) is 7.26. The number of aliphatic hydroxyl groups is 1. The standard InChI is InChI=1S/C22H27F2NO/c1-2-15-3-6-17(7-4-15)18-9-10-25-21(13-18)22(26)8-5-16-11-19(23)14-20(24)12-16/h3-4,6-7,11-12,14,18,21-22,25-26H,2,5,8-10,13H2,1H3. The molecular weight excluding hydrogens is 332 g/mol. The van der Waals surface area contributed by atoms with Crippen LogP contribution in [0.3, 0.4) is 0 Å². The maximum atomic E-state index is 13.3. The van der Waals surface area contributed by atoms with Gasteiger partial charge in [0.1, 0.15) is 11.6 Å². The Bertz CT molecular complexity index is 696. The number of hydrogen-bond donors (Lipinski definition) is 2. The van der Waals surface area contributed by atoms with Crippen LogP contribution in [0.15, 0.2) is 42.5 Å². The minimum Gasteiger partial charge on any atom is -0.391 e. The molecule has 140 valence electrons. The summed E-state index contributed by atoms with van der Waals surface area (Å²) in [6, 6.07) is 12.3. The first kappa shape index (κ1) is 19.0. The van der Waals surface area contributed by atoms with Crippen molar-refractivity contribution >= 4 is 0 Å². The van der Waals surface area contributed by atoms with Crippen molar-refractivity contribution < 1.29 is 13.9 Å². The summed E-state index contributed by atoms with van der Waals surface area (Å²) in [6.07, 6.45) is 3.40. The Morgan fingerprint density at radius 2 is 1.77 bits per heavy atom. The molecule has 0 radical (unpaired) electrons. The van der Waals surface area contributed by atoms with E-state index in [0.717, 1.165) is 31.9 Å².